The van der Waals surface area contributed by atoms with Crippen molar-refractivity contribution in [3.05, 3.63) is 169 Å². The molecule has 0 amide bonds. The summed E-state index contributed by atoms with van der Waals surface area (Å²) < 4.78 is 0. The third-order valence-corrected chi connectivity index (χ3v) is 8.31. The van der Waals surface area contributed by atoms with E-state index < -0.39 is 0 Å². The van der Waals surface area contributed by atoms with Crippen LogP contribution >= 0.6 is 0 Å². The van der Waals surface area contributed by atoms with E-state index in [1.165, 1.54) is 66.1 Å². The summed E-state index contributed by atoms with van der Waals surface area (Å²) in [6, 6.07) is 51.0. The molecule has 0 saturated heterocycles. The number of nitrogens with zero attached hydrogens (tertiary/aromatic N) is 2. The van der Waals surface area contributed by atoms with Crippen molar-refractivity contribution in [3.8, 4) is 44.8 Å². The molecule has 8 rings (SSSR count). The molecule has 4 heteroatoms. The van der Waals surface area contributed by atoms with Crippen LogP contribution in [0.5, 0.6) is 0 Å². The smallest absolute Gasteiger partial charge is 0.0627 e. The zero-order valence-corrected chi connectivity index (χ0v) is 31.4. The van der Waals surface area contributed by atoms with Gasteiger partial charge >= 0.3 is 41.9 Å². The Morgan fingerprint density at radius 2 is 0.875 bits per heavy atom. The van der Waals surface area contributed by atoms with E-state index in [1.807, 2.05) is 36.7 Å². The van der Waals surface area contributed by atoms with E-state index in [-0.39, 0.29) is 5.43 Å². The molecule has 2 nitrogen and oxygen atoms in total. The van der Waals surface area contributed by atoms with Crippen molar-refractivity contribution in [1.29, 1.82) is 0 Å². The van der Waals surface area contributed by atoms with E-state index in [2.05, 4.69) is 158 Å². The second kappa shape index (κ2) is 15.6. The van der Waals surface area contributed by atoms with Gasteiger partial charge in [-0.05, 0) is 35.4 Å². The second-order valence-electron chi connectivity index (χ2n) is 12.2. The predicted molar refractivity (Wildman–Crippen MR) is 203 cm³/mol. The molecule has 0 fully saturated rings. The maximum Gasteiger partial charge on any atom is 0.0627 e. The van der Waals surface area contributed by atoms with Crippen LogP contribution in [-0.2, 0) is 23.3 Å². The maximum atomic E-state index is 4.51. The van der Waals surface area contributed by atoms with Gasteiger partial charge in [-0.1, -0.05) is 122 Å². The Kier molecular flexibility index (Phi) is 10.9. The number of hydrogen-bond acceptors (Lipinski definition) is 2. The fourth-order valence-electron chi connectivity index (χ4n) is 5.98. The Morgan fingerprint density at radius 3 is 1.23 bits per heavy atom. The zero-order chi connectivity index (χ0) is 33.5. The van der Waals surface area contributed by atoms with Gasteiger partial charge in [0.25, 0.3) is 0 Å². The number of aryl methyl sites for hydroxylation is 2. The molecule has 2 heterocycles. The Morgan fingerprint density at radius 1 is 0.500 bits per heavy atom. The first kappa shape index (κ1) is 33.4. The average Bonchev–Trinajstić information content (AvgIpc) is 3.78. The van der Waals surface area contributed by atoms with E-state index >= 15 is 0 Å². The van der Waals surface area contributed by atoms with Crippen LogP contribution < -0.4 is 0 Å². The minimum Gasteiger partial charge on any atom is -0.257 e. The van der Waals surface area contributed by atoms with Crippen LogP contribution in [0.15, 0.2) is 158 Å². The third kappa shape index (κ3) is 7.79. The normalized spacial score (nSPS) is 10.6. The maximum absolute atomic E-state index is 4.51. The van der Waals surface area contributed by atoms with Crippen molar-refractivity contribution >= 4 is 27.0 Å². The first-order valence-corrected chi connectivity index (χ1v) is 22.4. The summed E-state index contributed by atoms with van der Waals surface area (Å²) in [5.74, 6) is 0. The van der Waals surface area contributed by atoms with Crippen LogP contribution in [0.25, 0.3) is 66.3 Å². The fraction of sp³-hybridized carbons (Fsp3) is 0.0909. The third-order valence-electron chi connectivity index (χ3n) is 8.31. The molecule has 6 aromatic carbocycles. The molecule has 232 valence electrons. The number of benzene rings is 4. The van der Waals surface area contributed by atoms with Crippen molar-refractivity contribution in [2.75, 3.05) is 0 Å². The van der Waals surface area contributed by atoms with Crippen LogP contribution in [0.1, 0.15) is 11.1 Å². The van der Waals surface area contributed by atoms with Gasteiger partial charge in [0.2, 0.25) is 0 Å². The number of aromatic nitrogens is 2. The topological polar surface area (TPSA) is 25.8 Å². The number of pyridine rings is 2. The summed E-state index contributed by atoms with van der Waals surface area (Å²) in [5, 5.41) is 5.17. The molecule has 0 atom stereocenters. The Bertz CT molecular complexity index is 2110. The van der Waals surface area contributed by atoms with Crippen molar-refractivity contribution in [2.45, 2.75) is 26.9 Å². The van der Waals surface area contributed by atoms with Gasteiger partial charge < -0.3 is 0 Å². The van der Waals surface area contributed by atoms with E-state index in [0.717, 1.165) is 11.4 Å². The molecule has 0 saturated carbocycles. The van der Waals surface area contributed by atoms with E-state index in [1.54, 1.807) is 23.3 Å². The van der Waals surface area contributed by atoms with E-state index in [9.17, 15) is 0 Å². The summed E-state index contributed by atoms with van der Waals surface area (Å²) in [6.45, 7) is 8.95. The first-order valence-electron chi connectivity index (χ1n) is 16.2. The Labute approximate surface area is 299 Å². The molecule has 0 aliphatic carbocycles. The Balaban J connectivity index is 0.000000151. The predicted octanol–water partition coefficient (Wildman–Crippen LogP) is 12.0. The minimum absolute atomic E-state index is 0.210. The van der Waals surface area contributed by atoms with E-state index in [0.29, 0.717) is 0 Å². The monoisotopic (exact) mass is 712 g/mol. The molecule has 0 bridgehead atoms. The molecule has 2 aromatic heterocycles. The SMILES string of the molecule is C[Si](C)=[Zr+2].Cc1ccc(-c2ccccn2)c2cc(-c3ccccc3)[cH-]c12.Cc1ccc(-c2ccccn2)c2cc(-c3ccccc3)[cH-]c12. The van der Waals surface area contributed by atoms with E-state index in [4.69, 9.17) is 0 Å². The van der Waals surface area contributed by atoms with Gasteiger partial charge in [0.15, 0.2) is 0 Å². The fourth-order valence-corrected chi connectivity index (χ4v) is 5.98. The van der Waals surface area contributed by atoms with Gasteiger partial charge in [0.1, 0.15) is 0 Å². The average molecular weight is 714 g/mol. The van der Waals surface area contributed by atoms with Gasteiger partial charge in [-0.3, -0.25) is 9.97 Å². The van der Waals surface area contributed by atoms with Crippen LogP contribution in [0.2, 0.25) is 13.1 Å². The summed E-state index contributed by atoms with van der Waals surface area (Å²) in [7, 11) is 0. The molecule has 0 radical (unpaired) electrons. The molecule has 0 N–H and O–H groups in total. The van der Waals surface area contributed by atoms with Crippen LogP contribution in [0.3, 0.4) is 0 Å². The standard InChI is InChI=1S/2C21H16N.C2H6Si.Zr/c2*1-15-10-11-18(21-9-5-6-12-22-21)20-14-17(13-19(15)20)16-7-3-2-4-8-16;1-3-2;/h2*2-14H,1H3;1-2H3;/q2*-1;;+2. The van der Waals surface area contributed by atoms with Gasteiger partial charge in [-0.15, -0.1) is 68.1 Å². The number of rotatable bonds is 4. The van der Waals surface area contributed by atoms with Crippen LogP contribution in [0.4, 0.5) is 0 Å². The van der Waals surface area contributed by atoms with Crippen molar-refractivity contribution in [1.82, 2.24) is 9.97 Å². The molecule has 0 unspecified atom stereocenters. The van der Waals surface area contributed by atoms with Gasteiger partial charge in [-0.2, -0.15) is 0 Å². The zero-order valence-electron chi connectivity index (χ0n) is 27.9. The quantitative estimate of drug-likeness (QED) is 0.134. The summed E-state index contributed by atoms with van der Waals surface area (Å²) in [4.78, 5) is 9.02. The summed E-state index contributed by atoms with van der Waals surface area (Å²) in [5.41, 5.74) is 12.3. The number of fused-ring (bicyclic) bond motifs is 2. The molecule has 48 heavy (non-hydrogen) atoms. The van der Waals surface area contributed by atoms with Crippen LogP contribution in [0, 0.1) is 13.8 Å². The second-order valence-corrected chi connectivity index (χ2v) is 21.5. The minimum atomic E-state index is 0.210. The van der Waals surface area contributed by atoms with Crippen LogP contribution in [-0.4, -0.2) is 15.4 Å². The Hall–Kier alpha value is -4.50. The van der Waals surface area contributed by atoms with Gasteiger partial charge in [0.05, 0.1) is 11.4 Å². The first-order chi connectivity index (χ1) is 23.4. The molecular formula is C44H38N2SiZr. The molecule has 8 aromatic rings. The largest absolute Gasteiger partial charge is 0.257 e. The number of hydrogen-bond donors (Lipinski definition) is 0. The van der Waals surface area contributed by atoms with Crippen molar-refractivity contribution < 1.29 is 23.3 Å². The summed E-state index contributed by atoms with van der Waals surface area (Å²) >= 11 is 1.74. The molecule has 0 spiro atoms. The molecule has 0 aliphatic heterocycles. The molecule has 0 aliphatic rings. The summed E-state index contributed by atoms with van der Waals surface area (Å²) in [6.07, 6.45) is 3.70. The van der Waals surface area contributed by atoms with Crippen molar-refractivity contribution in [3.63, 3.8) is 0 Å². The van der Waals surface area contributed by atoms with Crippen molar-refractivity contribution in [2.24, 2.45) is 0 Å². The van der Waals surface area contributed by atoms with Gasteiger partial charge in [-0.25, -0.2) is 0 Å². The molecular weight excluding hydrogens is 676 g/mol. The van der Waals surface area contributed by atoms with Gasteiger partial charge in [0, 0.05) is 12.4 Å².